The molecular formula is C20H21BrN2O3S. The highest BCUT2D eigenvalue weighted by molar-refractivity contribution is 9.10. The lowest BCUT2D eigenvalue weighted by Gasteiger charge is -2.21. The molecule has 0 unspecified atom stereocenters. The molecule has 0 amide bonds. The van der Waals surface area contributed by atoms with E-state index >= 15 is 0 Å². The molecule has 2 heterocycles. The van der Waals surface area contributed by atoms with E-state index in [1.165, 1.54) is 15.9 Å². The smallest absolute Gasteiger partial charge is 0.337 e. The number of allylic oxidation sites excluding steroid dienone is 1. The number of carbonyl (C=O) groups excluding carboxylic acids is 1. The molecule has 0 aliphatic carbocycles. The van der Waals surface area contributed by atoms with Gasteiger partial charge in [-0.1, -0.05) is 52.7 Å². The van der Waals surface area contributed by atoms with E-state index in [0.717, 1.165) is 22.9 Å². The zero-order chi connectivity index (χ0) is 19.6. The van der Waals surface area contributed by atoms with Crippen LogP contribution in [-0.2, 0) is 9.53 Å². The monoisotopic (exact) mass is 448 g/mol. The van der Waals surface area contributed by atoms with Crippen LogP contribution in [-0.4, -0.2) is 23.2 Å². The second-order valence-electron chi connectivity index (χ2n) is 6.24. The third-order valence-corrected chi connectivity index (χ3v) is 5.87. The molecule has 0 spiro atoms. The summed E-state index contributed by atoms with van der Waals surface area (Å²) in [7, 11) is 0. The average Bonchev–Trinajstić information content (AvgIpc) is 2.93. The van der Waals surface area contributed by atoms with Gasteiger partial charge in [-0.2, -0.15) is 0 Å². The van der Waals surface area contributed by atoms with Crippen LogP contribution in [0.25, 0.3) is 11.8 Å². The van der Waals surface area contributed by atoms with Gasteiger partial charge in [-0.05, 0) is 44.0 Å². The molecule has 5 nitrogen and oxygen atoms in total. The van der Waals surface area contributed by atoms with E-state index in [-0.39, 0.29) is 17.6 Å². The van der Waals surface area contributed by atoms with Gasteiger partial charge in [-0.3, -0.25) is 9.36 Å². The lowest BCUT2D eigenvalue weighted by Crippen LogP contribution is -2.37. The van der Waals surface area contributed by atoms with Gasteiger partial charge < -0.3 is 4.74 Å². The van der Waals surface area contributed by atoms with Crippen LogP contribution in [0, 0.1) is 0 Å². The van der Waals surface area contributed by atoms with Gasteiger partial charge in [0.25, 0.3) is 5.56 Å². The standard InChI is InChI=1S/C20H21BrN2O3S/c1-4-6-15-17(19(25)26-5-2)12(3)23-18(24)16(27-20(23)22-15)11-13-7-9-14(21)10-8-13/h7-11,15H,4-6H2,1-3H3/b16-11-/t15-/m1/s1. The predicted octanol–water partition coefficient (Wildman–Crippen LogP) is 3.10. The van der Waals surface area contributed by atoms with Crippen LogP contribution in [0.5, 0.6) is 0 Å². The number of aromatic nitrogens is 1. The number of halogens is 1. The Hall–Kier alpha value is -1.99. The molecule has 1 aromatic carbocycles. The Morgan fingerprint density at radius 3 is 2.67 bits per heavy atom. The van der Waals surface area contributed by atoms with Crippen molar-refractivity contribution in [3.63, 3.8) is 0 Å². The molecule has 0 saturated carbocycles. The first-order valence-electron chi connectivity index (χ1n) is 8.91. The van der Waals surface area contributed by atoms with Crippen LogP contribution in [0.1, 0.15) is 39.2 Å². The first-order valence-corrected chi connectivity index (χ1v) is 10.5. The second kappa shape index (κ2) is 8.35. The van der Waals surface area contributed by atoms with Crippen molar-refractivity contribution in [3.05, 3.63) is 59.6 Å². The van der Waals surface area contributed by atoms with E-state index in [4.69, 9.17) is 9.73 Å². The largest absolute Gasteiger partial charge is 0.463 e. The maximum Gasteiger partial charge on any atom is 0.337 e. The Balaban J connectivity index is 2.18. The highest BCUT2D eigenvalue weighted by Gasteiger charge is 2.29. The van der Waals surface area contributed by atoms with Crippen molar-refractivity contribution in [1.82, 2.24) is 4.57 Å². The van der Waals surface area contributed by atoms with Gasteiger partial charge in [0.05, 0.1) is 22.8 Å². The summed E-state index contributed by atoms with van der Waals surface area (Å²) in [6.45, 7) is 5.92. The molecule has 0 saturated heterocycles. The molecule has 27 heavy (non-hydrogen) atoms. The van der Waals surface area contributed by atoms with Crippen molar-refractivity contribution in [3.8, 4) is 0 Å². The zero-order valence-corrected chi connectivity index (χ0v) is 17.9. The van der Waals surface area contributed by atoms with Crippen LogP contribution in [0.3, 0.4) is 0 Å². The van der Waals surface area contributed by atoms with Crippen LogP contribution < -0.4 is 14.9 Å². The van der Waals surface area contributed by atoms with E-state index < -0.39 is 0 Å². The summed E-state index contributed by atoms with van der Waals surface area (Å²) >= 11 is 4.76. The molecule has 1 atom stereocenters. The lowest BCUT2D eigenvalue weighted by atomic mass is 10.00. The van der Waals surface area contributed by atoms with Gasteiger partial charge >= 0.3 is 5.97 Å². The third kappa shape index (κ3) is 3.99. The minimum atomic E-state index is -0.389. The van der Waals surface area contributed by atoms with Crippen molar-refractivity contribution in [1.29, 1.82) is 0 Å². The van der Waals surface area contributed by atoms with Gasteiger partial charge in [0.2, 0.25) is 0 Å². The highest BCUT2D eigenvalue weighted by atomic mass is 79.9. The number of esters is 1. The number of thiazole rings is 1. The van der Waals surface area contributed by atoms with E-state index in [9.17, 15) is 9.59 Å². The van der Waals surface area contributed by atoms with Crippen molar-refractivity contribution >= 4 is 45.0 Å². The molecule has 3 rings (SSSR count). The summed E-state index contributed by atoms with van der Waals surface area (Å²) in [6, 6.07) is 7.48. The Labute approximate surface area is 169 Å². The molecule has 0 fully saturated rings. The fourth-order valence-electron chi connectivity index (χ4n) is 3.10. The number of nitrogens with zero attached hydrogens (tertiary/aromatic N) is 2. The predicted molar refractivity (Wildman–Crippen MR) is 111 cm³/mol. The van der Waals surface area contributed by atoms with Gasteiger partial charge in [0.1, 0.15) is 0 Å². The van der Waals surface area contributed by atoms with Crippen molar-refractivity contribution < 1.29 is 9.53 Å². The van der Waals surface area contributed by atoms with Gasteiger partial charge in [-0.15, -0.1) is 0 Å². The third-order valence-electron chi connectivity index (χ3n) is 4.36. The first-order chi connectivity index (χ1) is 13.0. The summed E-state index contributed by atoms with van der Waals surface area (Å²) in [5, 5.41) is 0. The summed E-state index contributed by atoms with van der Waals surface area (Å²) in [5.74, 6) is -0.389. The van der Waals surface area contributed by atoms with E-state index in [2.05, 4.69) is 22.9 Å². The summed E-state index contributed by atoms with van der Waals surface area (Å²) < 4.78 is 8.33. The zero-order valence-electron chi connectivity index (χ0n) is 15.5. The number of hydrogen-bond acceptors (Lipinski definition) is 5. The molecule has 0 N–H and O–H groups in total. The molecule has 142 valence electrons. The maximum atomic E-state index is 13.0. The van der Waals surface area contributed by atoms with E-state index in [1.807, 2.05) is 30.3 Å². The molecule has 1 aliphatic heterocycles. The average molecular weight is 449 g/mol. The van der Waals surface area contributed by atoms with Crippen molar-refractivity contribution in [2.45, 2.75) is 39.7 Å². The molecule has 1 aliphatic rings. The number of hydrogen-bond donors (Lipinski definition) is 0. The van der Waals surface area contributed by atoms with Crippen LogP contribution >= 0.6 is 27.3 Å². The topological polar surface area (TPSA) is 60.7 Å². The molecule has 0 bridgehead atoms. The lowest BCUT2D eigenvalue weighted by molar-refractivity contribution is -0.138. The quantitative estimate of drug-likeness (QED) is 0.660. The molecule has 7 heteroatoms. The first kappa shape index (κ1) is 19.8. The fraction of sp³-hybridized carbons (Fsp3) is 0.350. The van der Waals surface area contributed by atoms with Crippen LogP contribution in [0.4, 0.5) is 0 Å². The molecule has 1 aromatic heterocycles. The molecular weight excluding hydrogens is 428 g/mol. The fourth-order valence-corrected chi connectivity index (χ4v) is 4.43. The van der Waals surface area contributed by atoms with Crippen molar-refractivity contribution in [2.75, 3.05) is 6.61 Å². The maximum absolute atomic E-state index is 13.0. The number of fused-ring (bicyclic) bond motifs is 1. The number of ether oxygens (including phenoxy) is 1. The van der Waals surface area contributed by atoms with Gasteiger partial charge in [0.15, 0.2) is 4.80 Å². The normalized spacial score (nSPS) is 16.9. The Bertz CT molecular complexity index is 1060. The van der Waals surface area contributed by atoms with Crippen molar-refractivity contribution in [2.24, 2.45) is 4.99 Å². The Morgan fingerprint density at radius 1 is 1.33 bits per heavy atom. The summed E-state index contributed by atoms with van der Waals surface area (Å²) in [6.07, 6.45) is 3.48. The highest BCUT2D eigenvalue weighted by Crippen LogP contribution is 2.23. The van der Waals surface area contributed by atoms with E-state index in [1.54, 1.807) is 13.8 Å². The van der Waals surface area contributed by atoms with Crippen LogP contribution in [0.2, 0.25) is 0 Å². The summed E-state index contributed by atoms with van der Waals surface area (Å²) in [4.78, 5) is 30.8. The number of carbonyl (C=O) groups is 1. The van der Waals surface area contributed by atoms with Gasteiger partial charge in [0, 0.05) is 10.2 Å². The number of rotatable bonds is 5. The summed E-state index contributed by atoms with van der Waals surface area (Å²) in [5.41, 5.74) is 1.89. The van der Waals surface area contributed by atoms with Crippen LogP contribution in [0.15, 0.2) is 44.1 Å². The molecule has 0 radical (unpaired) electrons. The van der Waals surface area contributed by atoms with Gasteiger partial charge in [-0.25, -0.2) is 9.79 Å². The second-order valence-corrected chi connectivity index (χ2v) is 8.16. The molecule has 2 aromatic rings. The Kier molecular flexibility index (Phi) is 6.11. The Morgan fingerprint density at radius 2 is 2.04 bits per heavy atom. The minimum Gasteiger partial charge on any atom is -0.463 e. The van der Waals surface area contributed by atoms with E-state index in [0.29, 0.717) is 27.2 Å². The minimum absolute atomic E-state index is 0.157. The SMILES string of the molecule is CCC[C@H]1N=c2s/c(=C\c3ccc(Br)cc3)c(=O)n2C(C)=C1C(=O)OCC. The number of benzene rings is 1.